The van der Waals surface area contributed by atoms with E-state index in [1.807, 2.05) is 5.57 Å². The number of aryl methyl sites for hydroxylation is 1. The number of rotatable bonds is 5. The maximum Gasteiger partial charge on any atom is 0.339 e. The Hall–Kier alpha value is -3.36. The summed E-state index contributed by atoms with van der Waals surface area (Å²) >= 11 is 0. The van der Waals surface area contributed by atoms with Crippen molar-refractivity contribution in [2.45, 2.75) is 216 Å². The van der Waals surface area contributed by atoms with Crippen LogP contribution in [0.4, 0.5) is 0 Å². The number of allylic oxidation sites excluding steroid dienone is 4. The Balaban J connectivity index is 0.932. The molecular weight excluding hydrogens is 951 g/mol. The smallest absolute Gasteiger partial charge is 0.339 e. The van der Waals surface area contributed by atoms with Crippen LogP contribution in [-0.4, -0.2) is 64.6 Å². The molecule has 8 heterocycles. The highest BCUT2D eigenvalue weighted by molar-refractivity contribution is 6.00. The molecular formula is C69H89N3O5. The minimum atomic E-state index is -1.14. The van der Waals surface area contributed by atoms with Gasteiger partial charge in [0, 0.05) is 60.2 Å². The second-order valence-electron chi connectivity index (χ2n) is 30.6. The van der Waals surface area contributed by atoms with Crippen molar-refractivity contribution in [3.63, 3.8) is 0 Å². The first-order chi connectivity index (χ1) is 37.7. The van der Waals surface area contributed by atoms with Gasteiger partial charge in [0.25, 0.3) is 0 Å². The number of carbonyl (C=O) groups is 2. The molecule has 3 N–H and O–H groups in total. The van der Waals surface area contributed by atoms with Crippen molar-refractivity contribution in [2.75, 3.05) is 19.6 Å². The van der Waals surface area contributed by atoms with Crippen LogP contribution in [0, 0.1) is 92.7 Å². The lowest BCUT2D eigenvalue weighted by atomic mass is 9.27. The van der Waals surface area contributed by atoms with Gasteiger partial charge >= 0.3 is 11.9 Å². The first-order valence-electron chi connectivity index (χ1n) is 33.1. The van der Waals surface area contributed by atoms with Crippen LogP contribution in [0.3, 0.4) is 0 Å². The predicted octanol–water partition coefficient (Wildman–Crippen LogP) is 13.6. The second-order valence-corrected chi connectivity index (χ2v) is 30.6. The number of piperidine rings is 3. The molecule has 5 spiro atoms. The molecule has 0 radical (unpaired) electrons. The van der Waals surface area contributed by atoms with Gasteiger partial charge in [0.1, 0.15) is 11.2 Å². The summed E-state index contributed by atoms with van der Waals surface area (Å²) in [4.78, 5) is 38.9. The fraction of sp³-hybridized carbons (Fsp3) is 0.768. The van der Waals surface area contributed by atoms with E-state index in [0.717, 1.165) is 67.7 Å². The molecule has 0 amide bonds. The van der Waals surface area contributed by atoms with Crippen LogP contribution in [-0.2, 0) is 26.3 Å². The number of carbonyl (C=O) groups excluding carboxylic acids is 2. The summed E-state index contributed by atoms with van der Waals surface area (Å²) in [6.07, 6.45) is 41.6. The molecule has 5 saturated heterocycles. The molecule has 9 bridgehead atoms. The van der Waals surface area contributed by atoms with Crippen LogP contribution in [0.5, 0.6) is 0 Å². The monoisotopic (exact) mass is 1040 g/mol. The van der Waals surface area contributed by atoms with Crippen molar-refractivity contribution in [1.29, 1.82) is 0 Å². The van der Waals surface area contributed by atoms with Crippen molar-refractivity contribution in [3.8, 4) is 0 Å². The van der Waals surface area contributed by atoms with Crippen LogP contribution in [0.15, 0.2) is 64.3 Å². The fourth-order valence-electron chi connectivity index (χ4n) is 26.2. The van der Waals surface area contributed by atoms with Crippen LogP contribution in [0.2, 0.25) is 0 Å². The van der Waals surface area contributed by atoms with Gasteiger partial charge in [0.2, 0.25) is 0 Å². The summed E-state index contributed by atoms with van der Waals surface area (Å²) < 4.78 is 15.1. The van der Waals surface area contributed by atoms with Gasteiger partial charge < -0.3 is 25.2 Å². The van der Waals surface area contributed by atoms with Gasteiger partial charge in [-0.2, -0.15) is 0 Å². The van der Waals surface area contributed by atoms with E-state index in [1.54, 1.807) is 11.3 Å². The van der Waals surface area contributed by atoms with E-state index in [2.05, 4.69) is 40.2 Å². The highest BCUT2D eigenvalue weighted by atomic mass is 16.6. The molecule has 6 saturated carbocycles. The number of nitrogens with zero attached hydrogens (tertiary/aromatic N) is 2. The molecule has 8 aliphatic heterocycles. The number of hydrogen-bond acceptors (Lipinski definition) is 8. The number of aliphatic hydroxyl groups excluding tert-OH is 1. The lowest BCUT2D eigenvalue weighted by Crippen LogP contribution is -2.78. The predicted molar refractivity (Wildman–Crippen MR) is 296 cm³/mol. The van der Waals surface area contributed by atoms with Gasteiger partial charge in [0.05, 0.1) is 11.0 Å². The average Bonchev–Trinajstić information content (AvgIpc) is 1.73. The summed E-state index contributed by atoms with van der Waals surface area (Å²) in [5.41, 5.74) is 12.9. The molecule has 77 heavy (non-hydrogen) atoms. The van der Waals surface area contributed by atoms with Crippen molar-refractivity contribution >= 4 is 11.9 Å². The van der Waals surface area contributed by atoms with Gasteiger partial charge in [0.15, 0.2) is 11.4 Å². The molecule has 1 aromatic rings. The summed E-state index contributed by atoms with van der Waals surface area (Å²) in [5, 5.41) is 14.5. The van der Waals surface area contributed by atoms with E-state index in [-0.39, 0.29) is 47.1 Å². The van der Waals surface area contributed by atoms with Gasteiger partial charge in [-0.3, -0.25) is 9.69 Å². The Morgan fingerprint density at radius 3 is 2.42 bits per heavy atom. The van der Waals surface area contributed by atoms with E-state index in [4.69, 9.17) is 15.2 Å². The number of aliphatic hydroxyl groups is 1. The average molecular weight is 1040 g/mol. The third-order valence-electron chi connectivity index (χ3n) is 28.3. The number of nitrogens with two attached hydrogens (primary N) is 1. The van der Waals surface area contributed by atoms with Gasteiger partial charge in [-0.25, -0.2) is 4.79 Å². The summed E-state index contributed by atoms with van der Waals surface area (Å²) in [7, 11) is 0. The van der Waals surface area contributed by atoms with Crippen LogP contribution >= 0.6 is 0 Å². The molecule has 410 valence electrons. The van der Waals surface area contributed by atoms with Crippen LogP contribution in [0.25, 0.3) is 0 Å². The van der Waals surface area contributed by atoms with E-state index in [0.29, 0.717) is 83.4 Å². The molecule has 18 aliphatic rings. The molecule has 10 aliphatic carbocycles. The topological polar surface area (TPSA) is 105 Å². The number of ether oxygens (including phenoxy) is 2. The Kier molecular flexibility index (Phi) is 10.1. The van der Waals surface area contributed by atoms with Gasteiger partial charge in [-0.05, 0) is 210 Å². The lowest BCUT2D eigenvalue weighted by Gasteiger charge is -2.73. The Morgan fingerprint density at radius 2 is 1.58 bits per heavy atom. The maximum absolute atomic E-state index is 17.0. The first-order valence-corrected chi connectivity index (χ1v) is 33.1. The molecule has 8 heteroatoms. The van der Waals surface area contributed by atoms with Crippen molar-refractivity contribution in [2.24, 2.45) is 98.4 Å². The quantitative estimate of drug-likeness (QED) is 0.222. The third kappa shape index (κ3) is 5.72. The minimum absolute atomic E-state index is 0.103. The van der Waals surface area contributed by atoms with Gasteiger partial charge in [-0.15, -0.1) is 0 Å². The number of benzene rings is 1. The van der Waals surface area contributed by atoms with Crippen LogP contribution in [0.1, 0.15) is 208 Å². The van der Waals surface area contributed by atoms with E-state index in [9.17, 15) is 5.11 Å². The van der Waals surface area contributed by atoms with E-state index >= 15 is 9.59 Å². The standard InChI is InChI=1S/C69H89N3O5/c70-30-10-16-41-15-9-17-52-55(41)63(74)77-69(52)54-35-42(39-11-3-1-4-12-39)18-19-43-32-50-49(40-13-5-2-6-14-40)33-44-20-21-53-46-31-47-37-71(53)59(44)56(50)48-23-27-67(69)62(76-64(75)68(54,67)57(43)48)60(73)51-34-45-22-26-66(61(51)72(36-46)58(45)47)29-28-65(38-66)24-7-8-25-65/h9,15,17-19,39-40,42-43,45-47,49-51,53-54,56,58,61,73H,1-8,10-14,16,20-38,70H2/b19-18-,62-60+/t42-,43+,45-,46+,47+,49-,50-,51+,53-,54+,56+,58-,61-,66-,67-,68-,69-/m1/s1. The van der Waals surface area contributed by atoms with Crippen molar-refractivity contribution in [1.82, 2.24) is 9.80 Å². The summed E-state index contributed by atoms with van der Waals surface area (Å²) in [6, 6.07) is 7.89. The van der Waals surface area contributed by atoms with Crippen molar-refractivity contribution < 1.29 is 24.2 Å². The number of fused-ring (bicyclic) bond motifs is 7. The summed E-state index contributed by atoms with van der Waals surface area (Å²) in [6.45, 7) is 2.91. The van der Waals surface area contributed by atoms with Gasteiger partial charge in [-0.1, -0.05) is 106 Å². The zero-order chi connectivity index (χ0) is 51.0. The molecule has 0 aromatic heterocycles. The number of esters is 2. The second kappa shape index (κ2) is 16.4. The SMILES string of the molecule is NCCCc1cccc2c1C(=O)O[C@@]21[C@H]2C[C@H](C3CCCCC3)/C=C\[C@H]3C[C@H]4[C@@H]5C6=C3[C@@]23C(=O)O/C(=C(/O)[C@@H]2C[C@H]7CC[C@]8(CCC9(CCCC9)C8)[C@@H]2N2C[C@@H]8C[C@@H](CN9C5=C(CC[C@H]89)C[C@@H]4C4CCCCC4)[C@@H]72)[C@]31CC6. The largest absolute Gasteiger partial charge is 0.508 e. The molecule has 1 aromatic carbocycles. The van der Waals surface area contributed by atoms with E-state index < -0.39 is 16.4 Å². The fourth-order valence-corrected chi connectivity index (χ4v) is 26.2. The first kappa shape index (κ1) is 47.3. The highest BCUT2D eigenvalue weighted by Gasteiger charge is 2.94. The molecule has 11 fully saturated rings. The van der Waals surface area contributed by atoms with E-state index in [1.165, 1.54) is 160 Å². The Labute approximate surface area is 459 Å². The van der Waals surface area contributed by atoms with Crippen LogP contribution < -0.4 is 5.73 Å². The molecule has 19 rings (SSSR count). The Morgan fingerprint density at radius 1 is 0.753 bits per heavy atom. The normalized spacial score (nSPS) is 48.9. The zero-order valence-corrected chi connectivity index (χ0v) is 46.4. The number of hydrogen-bond donors (Lipinski definition) is 2. The minimum Gasteiger partial charge on any atom is -0.508 e. The third-order valence-corrected chi connectivity index (χ3v) is 28.3. The van der Waals surface area contributed by atoms with Crippen molar-refractivity contribution in [3.05, 3.63) is 81.0 Å². The lowest BCUT2D eigenvalue weighted by molar-refractivity contribution is -0.283. The summed E-state index contributed by atoms with van der Waals surface area (Å²) in [5.74, 6) is 5.25. The Bertz CT molecular complexity index is 2860. The zero-order valence-electron chi connectivity index (χ0n) is 46.4. The molecule has 17 atom stereocenters. The molecule has 0 unspecified atom stereocenters. The maximum atomic E-state index is 17.0. The highest BCUT2D eigenvalue weighted by Crippen LogP contribution is 2.89. The molecule has 8 nitrogen and oxygen atoms in total.